The number of nitrogens with zero attached hydrogens (tertiary/aromatic N) is 6. The number of quaternary nitrogens is 3. The van der Waals surface area contributed by atoms with Gasteiger partial charge in [-0.25, -0.2) is 14.4 Å². The number of phosphoric acid groups is 1. The smallest absolute Gasteiger partial charge is 0.343 e. The zero-order chi connectivity index (χ0) is 75.3. The SMILES string of the molecule is O=C(C[N+]12CCC(CC1)C(OC(=O)[C@](O)(c1ccccc1)C1CCCCC1)C2)Nc1ccon1.O=C(C[N+]12CCC(CC1)C(OC(=O)[C@](O)(c1ccccc1)C1CCCCC1)C2)Nc1ccon1.O=C(C[N+]12CCC(CC1)[C@@H](OC(=O)[C@](O)(c1ccccc1)C1CCCCC1)C2)Nc1ccon1.O=P([O-])([O-])[O-]. The lowest BCUT2D eigenvalue weighted by Crippen LogP contribution is -2.66. The molecule has 6 atom stereocenters. The normalized spacial score (nSPS) is 27.9. The van der Waals surface area contributed by atoms with E-state index in [0.717, 1.165) is 174 Å². The first-order valence-electron chi connectivity index (χ1n) is 38.3. The van der Waals surface area contributed by atoms with Crippen LogP contribution in [0.1, 0.15) is 152 Å². The number of ether oxygens (including phenoxy) is 3. The van der Waals surface area contributed by atoms with Crippen LogP contribution in [0.25, 0.3) is 0 Å². The number of esters is 3. The fraction of sp³-hybridized carbons (Fsp3) is 0.577. The number of nitrogens with one attached hydrogen (secondary N) is 3. The summed E-state index contributed by atoms with van der Waals surface area (Å²) in [5.41, 5.74) is -3.06. The Hall–Kier alpha value is -8.02. The molecule has 3 aliphatic carbocycles. The van der Waals surface area contributed by atoms with Gasteiger partial charge in [-0.05, 0) is 55.2 Å². The third-order valence-electron chi connectivity index (χ3n) is 24.6. The summed E-state index contributed by atoms with van der Waals surface area (Å²) in [4.78, 5) is 105. The standard InChI is InChI=1S/3C26H33N3O5.H3O4P/c3*30-24(27-23-13-16-33-28-23)18-29-14-11-19(12-15-29)22(17-29)34-25(31)26(32,20-7-3-1-4-8-20)21-9-5-2-6-10-21;1-5(2,3)4/h3*1,3-4,7-8,13,16,19,21-22,32H,2,5-6,9-12,14-15,17-18H2;(H3,1,2,3,4)/t2*19?,22?,26-,29?;19?,22-,26-,29?;/m000./s1. The van der Waals surface area contributed by atoms with Crippen molar-refractivity contribution in [1.29, 1.82) is 0 Å². The molecule has 12 heterocycles. The molecule has 6 bridgehead atoms. The Labute approximate surface area is 622 Å². The van der Waals surface area contributed by atoms with Crippen LogP contribution in [-0.4, -0.2) is 177 Å². The monoisotopic (exact) mass is 1500 g/mol. The maximum Gasteiger partial charge on any atom is 0.343 e. The van der Waals surface area contributed by atoms with E-state index in [0.29, 0.717) is 86.9 Å². The molecule has 9 saturated heterocycles. The van der Waals surface area contributed by atoms with Gasteiger partial charge in [0, 0.05) is 92.2 Å². The Morgan fingerprint density at radius 1 is 0.393 bits per heavy atom. The van der Waals surface area contributed by atoms with Crippen LogP contribution in [0.2, 0.25) is 0 Å². The third-order valence-corrected chi connectivity index (χ3v) is 24.6. The molecule has 0 spiro atoms. The molecular weight excluding hydrogens is 1400 g/mol. The number of anilines is 3. The summed E-state index contributed by atoms with van der Waals surface area (Å²) in [6.07, 6.45) is 23.2. The summed E-state index contributed by atoms with van der Waals surface area (Å²) in [5, 5.41) is 55.2. The molecule has 18 rings (SSSR count). The van der Waals surface area contributed by atoms with Gasteiger partial charge in [0.05, 0.1) is 39.3 Å². The summed E-state index contributed by atoms with van der Waals surface area (Å²) < 4.78 is 43.1. The second kappa shape index (κ2) is 34.7. The number of carbonyl (C=O) groups excluding carboxylic acids is 6. The van der Waals surface area contributed by atoms with E-state index in [1.165, 1.54) is 18.8 Å². The maximum atomic E-state index is 13.7. The lowest BCUT2D eigenvalue weighted by molar-refractivity contribution is -0.939. The van der Waals surface area contributed by atoms with Gasteiger partial charge in [-0.15, -0.1) is 0 Å². The van der Waals surface area contributed by atoms with Crippen LogP contribution >= 0.6 is 7.82 Å². The second-order valence-electron chi connectivity index (χ2n) is 31.4. The molecule has 0 radical (unpaired) electrons. The lowest BCUT2D eigenvalue weighted by atomic mass is 9.73. The van der Waals surface area contributed by atoms with Crippen LogP contribution in [0.15, 0.2) is 142 Å². The molecule has 3 aromatic carbocycles. The van der Waals surface area contributed by atoms with Crippen LogP contribution in [0.5, 0.6) is 0 Å². The predicted molar refractivity (Wildman–Crippen MR) is 381 cm³/mol. The maximum absolute atomic E-state index is 13.7. The van der Waals surface area contributed by atoms with E-state index in [9.17, 15) is 44.1 Å². The molecule has 578 valence electrons. The van der Waals surface area contributed by atoms with Gasteiger partial charge < -0.3 is 91.7 Å². The fourth-order valence-corrected chi connectivity index (χ4v) is 18.9. The van der Waals surface area contributed by atoms with Crippen molar-refractivity contribution in [1.82, 2.24) is 15.5 Å². The number of fused-ring (bicyclic) bond motifs is 9. The van der Waals surface area contributed by atoms with Crippen molar-refractivity contribution in [2.24, 2.45) is 35.5 Å². The molecular formula is C78H102N9O19P. The zero-order valence-corrected chi connectivity index (χ0v) is 61.6. The number of aliphatic hydroxyl groups is 3. The minimum Gasteiger partial charge on any atom is -0.822 e. The number of aromatic nitrogens is 3. The van der Waals surface area contributed by atoms with E-state index >= 15 is 0 Å². The number of rotatable bonds is 21. The van der Waals surface area contributed by atoms with Gasteiger partial charge in [-0.3, -0.25) is 14.4 Å². The van der Waals surface area contributed by atoms with Gasteiger partial charge >= 0.3 is 17.9 Å². The molecule has 2 unspecified atom stereocenters. The molecule has 6 N–H and O–H groups in total. The highest BCUT2D eigenvalue weighted by Gasteiger charge is 2.57. The van der Waals surface area contributed by atoms with Crippen molar-refractivity contribution in [2.45, 2.75) is 170 Å². The van der Waals surface area contributed by atoms with Crippen LogP contribution in [0.4, 0.5) is 17.5 Å². The van der Waals surface area contributed by atoms with E-state index in [1.54, 1.807) is 18.2 Å². The van der Waals surface area contributed by atoms with Gasteiger partial charge in [-0.2, -0.15) is 7.82 Å². The average Bonchev–Trinajstić information content (AvgIpc) is 1.16. The molecule has 6 aromatic rings. The lowest BCUT2D eigenvalue weighted by Gasteiger charge is -2.52. The van der Waals surface area contributed by atoms with Gasteiger partial charge in [0.25, 0.3) is 17.7 Å². The molecule has 28 nitrogen and oxygen atoms in total. The largest absolute Gasteiger partial charge is 0.822 e. The van der Waals surface area contributed by atoms with Crippen LogP contribution in [0, 0.1) is 35.5 Å². The van der Waals surface area contributed by atoms with E-state index in [1.807, 2.05) is 91.0 Å². The molecule has 12 fully saturated rings. The van der Waals surface area contributed by atoms with Crippen molar-refractivity contribution in [3.63, 3.8) is 0 Å². The minimum absolute atomic E-state index is 0.123. The Bertz CT molecular complexity index is 3510. The summed E-state index contributed by atoms with van der Waals surface area (Å²) in [5.74, 6) is -0.381. The highest BCUT2D eigenvalue weighted by atomic mass is 31.2. The van der Waals surface area contributed by atoms with Crippen molar-refractivity contribution in [2.75, 3.05) is 94.5 Å². The molecule has 12 aliphatic rings. The predicted octanol–water partition coefficient (Wildman–Crippen LogP) is 6.88. The van der Waals surface area contributed by atoms with Gasteiger partial charge in [0.1, 0.15) is 38.4 Å². The van der Waals surface area contributed by atoms with Crippen LogP contribution < -0.4 is 30.6 Å². The minimum atomic E-state index is -5.39. The average molecular weight is 1500 g/mol. The van der Waals surface area contributed by atoms with Crippen molar-refractivity contribution >= 4 is 60.9 Å². The van der Waals surface area contributed by atoms with E-state index in [-0.39, 0.29) is 71.5 Å². The molecule has 3 amide bonds. The van der Waals surface area contributed by atoms with E-state index < -0.39 is 42.5 Å². The molecule has 9 aliphatic heterocycles. The number of hydrogen-bond donors (Lipinski definition) is 6. The summed E-state index contributed by atoms with van der Waals surface area (Å²) in [6, 6.07) is 32.6. The van der Waals surface area contributed by atoms with Crippen molar-refractivity contribution in [3.8, 4) is 0 Å². The summed E-state index contributed by atoms with van der Waals surface area (Å²) in [6.45, 7) is 8.01. The first-order chi connectivity index (χ1) is 51.5. The molecule has 29 heteroatoms. The number of benzene rings is 3. The van der Waals surface area contributed by atoms with Gasteiger partial charge in [0.2, 0.25) is 0 Å². The molecule has 107 heavy (non-hydrogen) atoms. The zero-order valence-electron chi connectivity index (χ0n) is 60.7. The second-order valence-corrected chi connectivity index (χ2v) is 32.3. The summed E-state index contributed by atoms with van der Waals surface area (Å²) >= 11 is 0. The number of amides is 3. The van der Waals surface area contributed by atoms with E-state index in [2.05, 4.69) is 31.4 Å². The first kappa shape index (κ1) is 78.6. The Morgan fingerprint density at radius 3 is 0.841 bits per heavy atom. The van der Waals surface area contributed by atoms with Crippen LogP contribution in [0.3, 0.4) is 0 Å². The molecule has 3 aromatic heterocycles. The van der Waals surface area contributed by atoms with Crippen LogP contribution in [-0.2, 0) is 64.3 Å². The topological polar surface area (TPSA) is 391 Å². The Kier molecular flexibility index (Phi) is 25.5. The number of hydrogen-bond acceptors (Lipinski definition) is 22. The Balaban J connectivity index is 0.000000145. The highest BCUT2D eigenvalue weighted by molar-refractivity contribution is 7.40. The van der Waals surface area contributed by atoms with Gasteiger partial charge in [0.15, 0.2) is 72.2 Å². The quantitative estimate of drug-likeness (QED) is 0.0185. The first-order valence-corrected chi connectivity index (χ1v) is 39.8. The number of piperidine rings is 9. The Morgan fingerprint density at radius 2 is 0.626 bits per heavy atom. The van der Waals surface area contributed by atoms with Gasteiger partial charge in [-0.1, -0.05) is 164 Å². The third kappa shape index (κ3) is 19.2. The highest BCUT2D eigenvalue weighted by Crippen LogP contribution is 2.47. The van der Waals surface area contributed by atoms with Crippen molar-refractivity contribution < 1.29 is 105 Å². The van der Waals surface area contributed by atoms with E-state index in [4.69, 9.17) is 47.0 Å². The van der Waals surface area contributed by atoms with Crippen molar-refractivity contribution in [3.05, 3.63) is 145 Å². The summed E-state index contributed by atoms with van der Waals surface area (Å²) in [7, 11) is -5.39. The fourth-order valence-electron chi connectivity index (χ4n) is 18.9. The number of carbonyl (C=O) groups is 6. The molecule has 3 saturated carbocycles.